The predicted molar refractivity (Wildman–Crippen MR) is 161 cm³/mol. The minimum atomic E-state index is -3.95. The van der Waals surface area contributed by atoms with Crippen LogP contribution in [0.2, 0.25) is 0 Å². The molecule has 0 saturated heterocycles. The Kier molecular flexibility index (Phi) is 29.9. The molecule has 0 aliphatic heterocycles. The zero-order valence-electron chi connectivity index (χ0n) is 26.0. The molecule has 0 aliphatic carbocycles. The number of aryl methyl sites for hydroxylation is 1. The highest BCUT2D eigenvalue weighted by atomic mass is 19.4. The van der Waals surface area contributed by atoms with Crippen LogP contribution in [0.25, 0.3) is 0 Å². The van der Waals surface area contributed by atoms with Gasteiger partial charge in [-0.1, -0.05) is 89.6 Å². The molecule has 4 nitrogen and oxygen atoms in total. The summed E-state index contributed by atoms with van der Waals surface area (Å²) in [6.07, 6.45) is 0.949. The van der Waals surface area contributed by atoms with Crippen LogP contribution in [-0.4, -0.2) is 63.2 Å². The van der Waals surface area contributed by atoms with Gasteiger partial charge in [-0.15, -0.1) is 0 Å². The summed E-state index contributed by atoms with van der Waals surface area (Å²) in [4.78, 5) is 14.2. The van der Waals surface area contributed by atoms with Crippen molar-refractivity contribution in [1.82, 2.24) is 9.80 Å². The van der Waals surface area contributed by atoms with E-state index in [4.69, 9.17) is 4.74 Å². The van der Waals surface area contributed by atoms with Crippen molar-refractivity contribution in [2.75, 3.05) is 41.3 Å². The smallest absolute Gasteiger partial charge is 0.389 e. The van der Waals surface area contributed by atoms with Gasteiger partial charge in [-0.2, -0.15) is 13.2 Å². The second-order valence-corrected chi connectivity index (χ2v) is 9.21. The number of halogens is 3. The van der Waals surface area contributed by atoms with Crippen LogP contribution in [0, 0.1) is 0 Å². The highest BCUT2D eigenvalue weighted by molar-refractivity contribution is 5.75. The lowest BCUT2D eigenvalue weighted by atomic mass is 10.1. The number of hydrogen-bond donors (Lipinski definition) is 0. The Labute approximate surface area is 237 Å². The topological polar surface area (TPSA) is 32.8 Å². The van der Waals surface area contributed by atoms with Crippen LogP contribution < -0.4 is 4.74 Å². The molecule has 2 rings (SSSR count). The molecular formula is C32H55F3N2O2. The number of nitrogens with zero attached hydrogens (tertiary/aromatic N) is 2. The van der Waals surface area contributed by atoms with Crippen LogP contribution in [0.4, 0.5) is 13.2 Å². The maximum Gasteiger partial charge on any atom is 0.389 e. The molecule has 1 amide bonds. The summed E-state index contributed by atoms with van der Waals surface area (Å²) < 4.78 is 38.5. The Hall–Kier alpha value is -2.54. The summed E-state index contributed by atoms with van der Waals surface area (Å²) in [5.74, 6) is 1.14. The van der Waals surface area contributed by atoms with Gasteiger partial charge >= 0.3 is 6.18 Å². The van der Waals surface area contributed by atoms with Gasteiger partial charge in [0.1, 0.15) is 5.75 Å². The first-order valence-electron chi connectivity index (χ1n) is 14.0. The molecule has 0 fully saturated rings. The Morgan fingerprint density at radius 3 is 1.51 bits per heavy atom. The largest absolute Gasteiger partial charge is 0.494 e. The molecule has 7 heteroatoms. The average molecular weight is 557 g/mol. The molecule has 226 valence electrons. The van der Waals surface area contributed by atoms with Crippen molar-refractivity contribution in [3.63, 3.8) is 0 Å². The van der Waals surface area contributed by atoms with E-state index in [2.05, 4.69) is 70.1 Å². The van der Waals surface area contributed by atoms with Crippen molar-refractivity contribution in [2.45, 2.75) is 85.7 Å². The molecular weight excluding hydrogens is 501 g/mol. The number of carbonyl (C=O) groups excluding carboxylic acids is 1. The van der Waals surface area contributed by atoms with Crippen LogP contribution in [-0.2, 0) is 11.2 Å². The van der Waals surface area contributed by atoms with Gasteiger partial charge in [-0.3, -0.25) is 4.79 Å². The van der Waals surface area contributed by atoms with Gasteiger partial charge in [-0.05, 0) is 64.0 Å². The van der Waals surface area contributed by atoms with E-state index in [0.717, 1.165) is 18.8 Å². The number of alkyl halides is 3. The molecule has 0 bridgehead atoms. The third-order valence-electron chi connectivity index (χ3n) is 4.60. The van der Waals surface area contributed by atoms with Gasteiger partial charge in [0.05, 0.1) is 6.61 Å². The van der Waals surface area contributed by atoms with Gasteiger partial charge in [-0.25, -0.2) is 0 Å². The van der Waals surface area contributed by atoms with Crippen LogP contribution in [0.15, 0.2) is 60.7 Å². The van der Waals surface area contributed by atoms with Gasteiger partial charge in [0.25, 0.3) is 0 Å². The van der Waals surface area contributed by atoms with Crippen molar-refractivity contribution in [3.05, 3.63) is 66.2 Å². The van der Waals surface area contributed by atoms with E-state index in [1.54, 1.807) is 19.0 Å². The SMILES string of the molecule is CCC(=O)N(C)C.CCCC(F)(F)F.CCCN(C)C.CCCOc1ccccc1.CCCc1ccccc1. The summed E-state index contributed by atoms with van der Waals surface area (Å²) in [6, 6.07) is 20.4. The zero-order chi connectivity index (χ0) is 30.5. The molecule has 0 N–H and O–H groups in total. The first-order valence-corrected chi connectivity index (χ1v) is 14.0. The summed E-state index contributed by atoms with van der Waals surface area (Å²) >= 11 is 0. The van der Waals surface area contributed by atoms with Crippen molar-refractivity contribution in [3.8, 4) is 5.75 Å². The number of carbonyl (C=O) groups is 1. The zero-order valence-corrected chi connectivity index (χ0v) is 26.0. The van der Waals surface area contributed by atoms with Crippen molar-refractivity contribution in [1.29, 1.82) is 0 Å². The molecule has 2 aromatic carbocycles. The first kappa shape index (κ1) is 40.9. The van der Waals surface area contributed by atoms with Gasteiger partial charge < -0.3 is 14.5 Å². The third-order valence-corrected chi connectivity index (χ3v) is 4.60. The summed E-state index contributed by atoms with van der Waals surface area (Å²) in [7, 11) is 7.69. The quantitative estimate of drug-likeness (QED) is 0.309. The molecule has 2 aromatic rings. The van der Waals surface area contributed by atoms with Gasteiger partial charge in [0.2, 0.25) is 5.91 Å². The lowest BCUT2D eigenvalue weighted by molar-refractivity contribution is -0.134. The summed E-state index contributed by atoms with van der Waals surface area (Å²) in [5.41, 5.74) is 1.44. The number of amides is 1. The molecule has 0 aromatic heterocycles. The predicted octanol–water partition coefficient (Wildman–Crippen LogP) is 8.91. The number of benzene rings is 2. The van der Waals surface area contributed by atoms with Gasteiger partial charge in [0.15, 0.2) is 0 Å². The molecule has 0 heterocycles. The Bertz CT molecular complexity index is 753. The molecule has 39 heavy (non-hydrogen) atoms. The molecule has 0 radical (unpaired) electrons. The number of ether oxygens (including phenoxy) is 1. The molecule has 0 saturated carbocycles. The Morgan fingerprint density at radius 2 is 1.26 bits per heavy atom. The minimum absolute atomic E-state index is 0.181. The van der Waals surface area contributed by atoms with E-state index in [1.165, 1.54) is 38.3 Å². The fraction of sp³-hybridized carbons (Fsp3) is 0.594. The highest BCUT2D eigenvalue weighted by Gasteiger charge is 2.24. The van der Waals surface area contributed by atoms with E-state index in [-0.39, 0.29) is 12.3 Å². The highest BCUT2D eigenvalue weighted by Crippen LogP contribution is 2.20. The Morgan fingerprint density at radius 1 is 0.744 bits per heavy atom. The fourth-order valence-corrected chi connectivity index (χ4v) is 2.72. The average Bonchev–Trinajstić information content (AvgIpc) is 2.89. The maximum absolute atomic E-state index is 11.1. The number of rotatable bonds is 9. The standard InChI is InChI=1S/C9H12O.C9H12.C5H11NO.C5H13N.C4H7F3/c1-2-8-10-9-6-4-3-5-7-9;1-2-6-9-7-4-3-5-8-9;1-4-5(7)6(2)3;1-4-5-6(2)3;1-2-3-4(5,6)7/h3-7H,2,8H2,1H3;3-5,7-8H,2,6H2,1H3;4H2,1-3H3;4-5H2,1-3H3;2-3H2,1H3. The second-order valence-electron chi connectivity index (χ2n) is 9.21. The van der Waals surface area contributed by atoms with Crippen LogP contribution >= 0.6 is 0 Å². The van der Waals surface area contributed by atoms with Gasteiger partial charge in [0, 0.05) is 26.9 Å². The number of para-hydroxylation sites is 1. The van der Waals surface area contributed by atoms with Crippen LogP contribution in [0.1, 0.15) is 78.7 Å². The fourth-order valence-electron chi connectivity index (χ4n) is 2.72. The lowest BCUT2D eigenvalue weighted by Crippen LogP contribution is -2.19. The first-order chi connectivity index (χ1) is 18.4. The monoisotopic (exact) mass is 556 g/mol. The minimum Gasteiger partial charge on any atom is -0.494 e. The van der Waals surface area contributed by atoms with E-state index in [9.17, 15) is 18.0 Å². The summed E-state index contributed by atoms with van der Waals surface area (Å²) in [5, 5.41) is 0. The van der Waals surface area contributed by atoms with E-state index < -0.39 is 12.6 Å². The normalized spacial score (nSPS) is 9.77. The van der Waals surface area contributed by atoms with Crippen molar-refractivity contribution < 1.29 is 22.7 Å². The molecule has 0 spiro atoms. The second kappa shape index (κ2) is 28.5. The van der Waals surface area contributed by atoms with Crippen molar-refractivity contribution in [2.24, 2.45) is 0 Å². The maximum atomic E-state index is 11.1. The van der Waals surface area contributed by atoms with Crippen LogP contribution in [0.5, 0.6) is 5.75 Å². The summed E-state index contributed by atoms with van der Waals surface area (Å²) in [6.45, 7) is 11.9. The van der Waals surface area contributed by atoms with Crippen LogP contribution in [0.3, 0.4) is 0 Å². The molecule has 0 atom stereocenters. The molecule has 0 unspecified atom stereocenters. The Balaban J connectivity index is -0.000000422. The van der Waals surface area contributed by atoms with E-state index in [1.807, 2.05) is 37.3 Å². The molecule has 0 aliphatic rings. The number of hydrogen-bond acceptors (Lipinski definition) is 3. The van der Waals surface area contributed by atoms with E-state index in [0.29, 0.717) is 6.42 Å². The lowest BCUT2D eigenvalue weighted by Gasteiger charge is -2.05. The third kappa shape index (κ3) is 35.5. The van der Waals surface area contributed by atoms with Crippen molar-refractivity contribution >= 4 is 5.91 Å². The van der Waals surface area contributed by atoms with E-state index >= 15 is 0 Å².